The van der Waals surface area contributed by atoms with Gasteiger partial charge in [0.15, 0.2) is 0 Å². The first kappa shape index (κ1) is 14.5. The smallest absolute Gasteiger partial charge is 0.277 e. The highest BCUT2D eigenvalue weighted by Crippen LogP contribution is 2.34. The van der Waals surface area contributed by atoms with E-state index in [1.807, 2.05) is 0 Å². The lowest BCUT2D eigenvalue weighted by atomic mass is 9.85. The molecule has 0 spiro atoms. The molecule has 2 saturated carbocycles. The van der Waals surface area contributed by atoms with Gasteiger partial charge in [0.25, 0.3) is 0 Å². The van der Waals surface area contributed by atoms with Gasteiger partial charge in [-0.2, -0.15) is 0 Å². The van der Waals surface area contributed by atoms with E-state index in [0.717, 1.165) is 38.5 Å². The van der Waals surface area contributed by atoms with Crippen molar-refractivity contribution in [2.75, 3.05) is 6.54 Å². The molecule has 5 heteroatoms. The number of barbiturate groups is 1. The highest BCUT2D eigenvalue weighted by Gasteiger charge is 2.45. The van der Waals surface area contributed by atoms with Gasteiger partial charge in [0.05, 0.1) is 0 Å². The Morgan fingerprint density at radius 1 is 0.905 bits per heavy atom. The van der Waals surface area contributed by atoms with E-state index >= 15 is 0 Å². The van der Waals surface area contributed by atoms with Crippen LogP contribution in [0.1, 0.15) is 57.8 Å². The molecule has 0 aromatic rings. The number of amides is 4. The molecule has 1 N–H and O–H groups in total. The van der Waals surface area contributed by atoms with Gasteiger partial charge in [-0.25, -0.2) is 4.79 Å². The molecule has 3 aliphatic rings. The maximum absolute atomic E-state index is 12.7. The van der Waals surface area contributed by atoms with E-state index in [1.165, 1.54) is 24.2 Å². The minimum absolute atomic E-state index is 0.124. The fourth-order valence-electron chi connectivity index (χ4n) is 4.14. The van der Waals surface area contributed by atoms with Crippen LogP contribution in [-0.4, -0.2) is 29.3 Å². The van der Waals surface area contributed by atoms with Crippen LogP contribution < -0.4 is 5.32 Å². The number of rotatable bonds is 3. The summed E-state index contributed by atoms with van der Waals surface area (Å²) in [5.41, 5.74) is 0. The first-order chi connectivity index (χ1) is 10.2. The van der Waals surface area contributed by atoms with Gasteiger partial charge >= 0.3 is 6.03 Å². The molecule has 0 aromatic heterocycles. The SMILES string of the molecule is O=C1NC(=O)N(CC2CCCCC2)C(=O)C1C1CCCC1. The zero-order chi connectivity index (χ0) is 14.8. The fourth-order valence-corrected chi connectivity index (χ4v) is 4.14. The number of carbonyl (C=O) groups is 3. The molecule has 21 heavy (non-hydrogen) atoms. The van der Waals surface area contributed by atoms with Crippen LogP contribution in [0.25, 0.3) is 0 Å². The van der Waals surface area contributed by atoms with Crippen molar-refractivity contribution in [3.05, 3.63) is 0 Å². The Bertz CT molecular complexity index is 437. The molecule has 0 aromatic carbocycles. The maximum atomic E-state index is 12.7. The van der Waals surface area contributed by atoms with Crippen molar-refractivity contribution in [3.63, 3.8) is 0 Å². The van der Waals surface area contributed by atoms with E-state index in [1.54, 1.807) is 0 Å². The summed E-state index contributed by atoms with van der Waals surface area (Å²) in [5, 5.41) is 2.40. The Labute approximate surface area is 125 Å². The van der Waals surface area contributed by atoms with Crippen molar-refractivity contribution in [1.82, 2.24) is 10.2 Å². The van der Waals surface area contributed by atoms with E-state index in [9.17, 15) is 14.4 Å². The van der Waals surface area contributed by atoms with E-state index in [0.29, 0.717) is 12.5 Å². The zero-order valence-corrected chi connectivity index (χ0v) is 12.5. The average molecular weight is 292 g/mol. The summed E-state index contributed by atoms with van der Waals surface area (Å²) in [6.07, 6.45) is 9.79. The van der Waals surface area contributed by atoms with Gasteiger partial charge in [0, 0.05) is 6.54 Å². The van der Waals surface area contributed by atoms with Crippen molar-refractivity contribution in [2.24, 2.45) is 17.8 Å². The van der Waals surface area contributed by atoms with Gasteiger partial charge in [-0.1, -0.05) is 32.1 Å². The maximum Gasteiger partial charge on any atom is 0.330 e. The van der Waals surface area contributed by atoms with E-state index in [-0.39, 0.29) is 17.7 Å². The normalized spacial score (nSPS) is 29.0. The topological polar surface area (TPSA) is 66.5 Å². The molecule has 1 unspecified atom stereocenters. The van der Waals surface area contributed by atoms with Crippen LogP contribution in [0.3, 0.4) is 0 Å². The molecule has 116 valence electrons. The Hall–Kier alpha value is -1.39. The second kappa shape index (κ2) is 6.16. The van der Waals surface area contributed by atoms with Gasteiger partial charge in [-0.15, -0.1) is 0 Å². The van der Waals surface area contributed by atoms with Crippen LogP contribution in [-0.2, 0) is 9.59 Å². The first-order valence-electron chi connectivity index (χ1n) is 8.33. The van der Waals surface area contributed by atoms with Crippen molar-refractivity contribution in [2.45, 2.75) is 57.8 Å². The number of urea groups is 1. The van der Waals surface area contributed by atoms with Crippen molar-refractivity contribution in [1.29, 1.82) is 0 Å². The van der Waals surface area contributed by atoms with E-state index in [4.69, 9.17) is 0 Å². The summed E-state index contributed by atoms with van der Waals surface area (Å²) in [5.74, 6) is -0.725. The molecule has 4 amide bonds. The third-order valence-corrected chi connectivity index (χ3v) is 5.33. The van der Waals surface area contributed by atoms with Gasteiger partial charge in [-0.05, 0) is 37.5 Å². The summed E-state index contributed by atoms with van der Waals surface area (Å²) < 4.78 is 0. The Morgan fingerprint density at radius 3 is 2.19 bits per heavy atom. The zero-order valence-electron chi connectivity index (χ0n) is 12.5. The van der Waals surface area contributed by atoms with Crippen molar-refractivity contribution >= 4 is 17.8 Å². The summed E-state index contributed by atoms with van der Waals surface area (Å²) >= 11 is 0. The van der Waals surface area contributed by atoms with Gasteiger partial charge < -0.3 is 0 Å². The number of imide groups is 2. The minimum Gasteiger partial charge on any atom is -0.277 e. The van der Waals surface area contributed by atoms with Crippen LogP contribution in [0.2, 0.25) is 0 Å². The first-order valence-corrected chi connectivity index (χ1v) is 8.33. The lowest BCUT2D eigenvalue weighted by molar-refractivity contribution is -0.145. The molecule has 2 aliphatic carbocycles. The monoisotopic (exact) mass is 292 g/mol. The molecule has 5 nitrogen and oxygen atoms in total. The molecule has 1 heterocycles. The molecule has 0 bridgehead atoms. The molecule has 1 atom stereocenters. The molecular weight excluding hydrogens is 268 g/mol. The Morgan fingerprint density at radius 2 is 1.52 bits per heavy atom. The van der Waals surface area contributed by atoms with Crippen LogP contribution >= 0.6 is 0 Å². The molecule has 0 radical (unpaired) electrons. The lowest BCUT2D eigenvalue weighted by Gasteiger charge is -2.35. The van der Waals surface area contributed by atoms with E-state index < -0.39 is 11.9 Å². The molecule has 1 aliphatic heterocycles. The number of carbonyl (C=O) groups excluding carboxylic acids is 3. The molecular formula is C16H24N2O3. The average Bonchev–Trinajstić information content (AvgIpc) is 2.98. The van der Waals surface area contributed by atoms with Gasteiger partial charge in [-0.3, -0.25) is 19.8 Å². The lowest BCUT2D eigenvalue weighted by Crippen LogP contribution is -2.60. The largest absolute Gasteiger partial charge is 0.330 e. The van der Waals surface area contributed by atoms with E-state index in [2.05, 4.69) is 5.32 Å². The third kappa shape index (κ3) is 2.97. The third-order valence-electron chi connectivity index (χ3n) is 5.33. The Balaban J connectivity index is 1.70. The van der Waals surface area contributed by atoms with Gasteiger partial charge in [0.1, 0.15) is 5.92 Å². The quantitative estimate of drug-likeness (QED) is 0.812. The second-order valence-corrected chi connectivity index (χ2v) is 6.77. The summed E-state index contributed by atoms with van der Waals surface area (Å²) in [4.78, 5) is 38.1. The van der Waals surface area contributed by atoms with Crippen molar-refractivity contribution < 1.29 is 14.4 Å². The fraction of sp³-hybridized carbons (Fsp3) is 0.812. The standard InChI is InChI=1S/C16H24N2O3/c19-14-13(12-8-4-5-9-12)15(20)18(16(21)17-14)10-11-6-2-1-3-7-11/h11-13H,1-10H2,(H,17,19,21). The second-order valence-electron chi connectivity index (χ2n) is 6.77. The number of nitrogens with zero attached hydrogens (tertiary/aromatic N) is 1. The summed E-state index contributed by atoms with van der Waals surface area (Å²) in [6, 6.07) is -0.509. The minimum atomic E-state index is -0.631. The molecule has 1 saturated heterocycles. The van der Waals surface area contributed by atoms with Crippen LogP contribution in [0.5, 0.6) is 0 Å². The van der Waals surface area contributed by atoms with Crippen LogP contribution in [0.15, 0.2) is 0 Å². The predicted octanol–water partition coefficient (Wildman–Crippen LogP) is 2.45. The highest BCUT2D eigenvalue weighted by atomic mass is 16.2. The summed E-state index contributed by atoms with van der Waals surface area (Å²) in [6.45, 7) is 0.487. The predicted molar refractivity (Wildman–Crippen MR) is 77.3 cm³/mol. The van der Waals surface area contributed by atoms with Gasteiger partial charge in [0.2, 0.25) is 11.8 Å². The van der Waals surface area contributed by atoms with Crippen LogP contribution in [0.4, 0.5) is 4.79 Å². The highest BCUT2D eigenvalue weighted by molar-refractivity contribution is 6.16. The van der Waals surface area contributed by atoms with Crippen molar-refractivity contribution in [3.8, 4) is 0 Å². The van der Waals surface area contributed by atoms with Crippen LogP contribution in [0, 0.1) is 17.8 Å². The molecule has 3 fully saturated rings. The molecule has 3 rings (SSSR count). The number of hydrogen-bond acceptors (Lipinski definition) is 3. The number of nitrogens with one attached hydrogen (secondary N) is 1. The number of hydrogen-bond donors (Lipinski definition) is 1. The summed E-state index contributed by atoms with van der Waals surface area (Å²) in [7, 11) is 0. The Kier molecular flexibility index (Phi) is 4.27.